The van der Waals surface area contributed by atoms with Gasteiger partial charge in [-0.2, -0.15) is 0 Å². The van der Waals surface area contributed by atoms with Gasteiger partial charge in [-0.25, -0.2) is 0 Å². The maximum atomic E-state index is 9.94. The summed E-state index contributed by atoms with van der Waals surface area (Å²) in [5.41, 5.74) is -0.331. The van der Waals surface area contributed by atoms with E-state index in [1.807, 2.05) is 6.92 Å². The fraction of sp³-hybridized carbons (Fsp3) is 1.00. The fourth-order valence-corrected chi connectivity index (χ4v) is 1.97. The summed E-state index contributed by atoms with van der Waals surface area (Å²) in [4.78, 5) is 0. The van der Waals surface area contributed by atoms with Gasteiger partial charge in [0.05, 0.1) is 5.60 Å². The first kappa shape index (κ1) is 7.60. The van der Waals surface area contributed by atoms with Crippen LogP contribution in [0, 0.1) is 11.8 Å². The lowest BCUT2D eigenvalue weighted by Crippen LogP contribution is -2.25. The summed E-state index contributed by atoms with van der Waals surface area (Å²) in [5.74, 6) is 1.73. The summed E-state index contributed by atoms with van der Waals surface area (Å²) in [6.45, 7) is 2.02. The molecule has 0 unspecified atom stereocenters. The molecule has 0 aromatic rings. The van der Waals surface area contributed by atoms with Gasteiger partial charge in [0.2, 0.25) is 0 Å². The Bertz CT molecular complexity index is 127. The Morgan fingerprint density at radius 1 is 1.09 bits per heavy atom. The highest BCUT2D eigenvalue weighted by Crippen LogP contribution is 2.43. The summed E-state index contributed by atoms with van der Waals surface area (Å²) < 4.78 is 0. The molecule has 2 fully saturated rings. The molecular formula is C10H18O. The van der Waals surface area contributed by atoms with Gasteiger partial charge in [0.25, 0.3) is 0 Å². The van der Waals surface area contributed by atoms with Gasteiger partial charge < -0.3 is 5.11 Å². The van der Waals surface area contributed by atoms with Gasteiger partial charge >= 0.3 is 0 Å². The third-order valence-corrected chi connectivity index (χ3v) is 2.85. The van der Waals surface area contributed by atoms with Crippen molar-refractivity contribution in [2.24, 2.45) is 11.8 Å². The summed E-state index contributed by atoms with van der Waals surface area (Å²) in [6.07, 6.45) is 7.57. The van der Waals surface area contributed by atoms with Crippen LogP contribution in [0.25, 0.3) is 0 Å². The van der Waals surface area contributed by atoms with Crippen LogP contribution >= 0.6 is 0 Å². The predicted octanol–water partition coefficient (Wildman–Crippen LogP) is 2.34. The van der Waals surface area contributed by atoms with Crippen LogP contribution < -0.4 is 0 Å². The summed E-state index contributed by atoms with van der Waals surface area (Å²) in [5, 5.41) is 9.94. The third-order valence-electron chi connectivity index (χ3n) is 2.85. The molecule has 0 spiro atoms. The molecule has 2 rings (SSSR count). The number of rotatable bonds is 4. The minimum absolute atomic E-state index is 0.331. The maximum absolute atomic E-state index is 9.94. The van der Waals surface area contributed by atoms with Crippen LogP contribution in [0.4, 0.5) is 0 Å². The van der Waals surface area contributed by atoms with Crippen molar-refractivity contribution in [2.45, 2.75) is 51.0 Å². The Kier molecular flexibility index (Phi) is 1.71. The van der Waals surface area contributed by atoms with E-state index >= 15 is 0 Å². The van der Waals surface area contributed by atoms with Crippen molar-refractivity contribution in [3.05, 3.63) is 0 Å². The molecule has 64 valence electrons. The molecule has 0 amide bonds. The largest absolute Gasteiger partial charge is 0.390 e. The first-order chi connectivity index (χ1) is 5.16. The van der Waals surface area contributed by atoms with E-state index in [2.05, 4.69) is 0 Å². The van der Waals surface area contributed by atoms with Crippen LogP contribution in [0.5, 0.6) is 0 Å². The smallest absolute Gasteiger partial charge is 0.0625 e. The van der Waals surface area contributed by atoms with E-state index in [1.165, 1.54) is 25.7 Å². The first-order valence-electron chi connectivity index (χ1n) is 4.88. The molecule has 1 nitrogen and oxygen atoms in total. The minimum Gasteiger partial charge on any atom is -0.390 e. The van der Waals surface area contributed by atoms with Crippen LogP contribution in [-0.2, 0) is 0 Å². The zero-order valence-corrected chi connectivity index (χ0v) is 7.34. The fourth-order valence-electron chi connectivity index (χ4n) is 1.97. The summed E-state index contributed by atoms with van der Waals surface area (Å²) in [7, 11) is 0. The molecule has 2 saturated carbocycles. The van der Waals surface area contributed by atoms with Gasteiger partial charge in [0.1, 0.15) is 0 Å². The molecule has 0 aromatic carbocycles. The van der Waals surface area contributed by atoms with E-state index in [1.54, 1.807) is 0 Å². The van der Waals surface area contributed by atoms with Crippen molar-refractivity contribution in [1.82, 2.24) is 0 Å². The molecule has 1 N–H and O–H groups in total. The molecule has 0 radical (unpaired) electrons. The lowest BCUT2D eigenvalue weighted by atomic mass is 9.93. The molecule has 1 heteroatoms. The zero-order valence-electron chi connectivity index (χ0n) is 7.34. The first-order valence-corrected chi connectivity index (χ1v) is 4.88. The zero-order chi connectivity index (χ0) is 7.90. The lowest BCUT2D eigenvalue weighted by Gasteiger charge is -2.22. The van der Waals surface area contributed by atoms with Crippen LogP contribution in [0.1, 0.15) is 45.4 Å². The second kappa shape index (κ2) is 2.48. The third kappa shape index (κ3) is 2.48. The monoisotopic (exact) mass is 154 g/mol. The van der Waals surface area contributed by atoms with Crippen molar-refractivity contribution in [2.75, 3.05) is 0 Å². The average molecular weight is 154 g/mol. The molecule has 0 bridgehead atoms. The molecular weight excluding hydrogens is 136 g/mol. The molecule has 0 aromatic heterocycles. The number of aliphatic hydroxyl groups is 1. The van der Waals surface area contributed by atoms with Crippen molar-refractivity contribution >= 4 is 0 Å². The Balaban J connectivity index is 1.75. The second-order valence-electron chi connectivity index (χ2n) is 4.79. The van der Waals surface area contributed by atoms with Gasteiger partial charge in [-0.05, 0) is 31.6 Å². The van der Waals surface area contributed by atoms with Crippen molar-refractivity contribution in [1.29, 1.82) is 0 Å². The Morgan fingerprint density at radius 3 is 1.73 bits per heavy atom. The normalized spacial score (nSPS) is 25.6. The minimum atomic E-state index is -0.331. The van der Waals surface area contributed by atoms with Crippen LogP contribution in [0.15, 0.2) is 0 Å². The highest BCUT2D eigenvalue weighted by Gasteiger charge is 2.36. The molecule has 0 atom stereocenters. The van der Waals surface area contributed by atoms with E-state index in [9.17, 15) is 5.11 Å². The van der Waals surface area contributed by atoms with E-state index in [-0.39, 0.29) is 5.60 Å². The number of hydrogen-bond acceptors (Lipinski definition) is 1. The van der Waals surface area contributed by atoms with Gasteiger partial charge in [-0.3, -0.25) is 0 Å². The van der Waals surface area contributed by atoms with E-state index in [0.717, 1.165) is 24.7 Å². The Labute approximate surface area is 68.8 Å². The van der Waals surface area contributed by atoms with Crippen molar-refractivity contribution in [3.8, 4) is 0 Å². The molecule has 2 aliphatic carbocycles. The van der Waals surface area contributed by atoms with Gasteiger partial charge in [-0.1, -0.05) is 25.7 Å². The average Bonchev–Trinajstić information content (AvgIpc) is 2.60. The SMILES string of the molecule is CC(O)(CC1CC1)CC1CC1. The van der Waals surface area contributed by atoms with E-state index < -0.39 is 0 Å². The van der Waals surface area contributed by atoms with Crippen LogP contribution in [-0.4, -0.2) is 10.7 Å². The summed E-state index contributed by atoms with van der Waals surface area (Å²) in [6, 6.07) is 0. The quantitative estimate of drug-likeness (QED) is 0.659. The van der Waals surface area contributed by atoms with Gasteiger partial charge in [0.15, 0.2) is 0 Å². The van der Waals surface area contributed by atoms with Crippen molar-refractivity contribution < 1.29 is 5.11 Å². The van der Waals surface area contributed by atoms with Crippen LogP contribution in [0.2, 0.25) is 0 Å². The molecule has 0 saturated heterocycles. The maximum Gasteiger partial charge on any atom is 0.0625 e. The second-order valence-corrected chi connectivity index (χ2v) is 4.79. The predicted molar refractivity (Wildman–Crippen MR) is 45.3 cm³/mol. The molecule has 0 heterocycles. The van der Waals surface area contributed by atoms with Crippen LogP contribution in [0.3, 0.4) is 0 Å². The highest BCUT2D eigenvalue weighted by atomic mass is 16.3. The summed E-state index contributed by atoms with van der Waals surface area (Å²) >= 11 is 0. The van der Waals surface area contributed by atoms with E-state index in [4.69, 9.17) is 0 Å². The molecule has 11 heavy (non-hydrogen) atoms. The lowest BCUT2D eigenvalue weighted by molar-refractivity contribution is 0.0309. The highest BCUT2D eigenvalue weighted by molar-refractivity contribution is 4.88. The Hall–Kier alpha value is -0.0400. The number of hydrogen-bond donors (Lipinski definition) is 1. The van der Waals surface area contributed by atoms with Gasteiger partial charge in [0, 0.05) is 0 Å². The standard InChI is InChI=1S/C10H18O/c1-10(11,6-8-2-3-8)7-9-4-5-9/h8-9,11H,2-7H2,1H3. The topological polar surface area (TPSA) is 20.2 Å². The Morgan fingerprint density at radius 2 is 1.45 bits per heavy atom. The van der Waals surface area contributed by atoms with Crippen molar-refractivity contribution in [3.63, 3.8) is 0 Å². The molecule has 2 aliphatic rings. The molecule has 0 aliphatic heterocycles. The van der Waals surface area contributed by atoms with Gasteiger partial charge in [-0.15, -0.1) is 0 Å². The van der Waals surface area contributed by atoms with E-state index in [0.29, 0.717) is 0 Å².